The van der Waals surface area contributed by atoms with Crippen LogP contribution >= 0.6 is 11.6 Å². The number of amides is 2. The maximum absolute atomic E-state index is 12.3. The highest BCUT2D eigenvalue weighted by Gasteiger charge is 2.31. The summed E-state index contributed by atoms with van der Waals surface area (Å²) in [6.07, 6.45) is 1.69. The van der Waals surface area contributed by atoms with Crippen molar-refractivity contribution in [2.75, 3.05) is 32.6 Å². The summed E-state index contributed by atoms with van der Waals surface area (Å²) in [4.78, 5) is 26.0. The van der Waals surface area contributed by atoms with Crippen molar-refractivity contribution in [1.29, 1.82) is 0 Å². The van der Waals surface area contributed by atoms with Crippen LogP contribution in [0.1, 0.15) is 18.4 Å². The van der Waals surface area contributed by atoms with Crippen molar-refractivity contribution in [3.63, 3.8) is 0 Å². The Labute approximate surface area is 141 Å². The molecule has 0 bridgehead atoms. The van der Waals surface area contributed by atoms with Crippen LogP contribution in [-0.4, -0.2) is 50.0 Å². The molecule has 1 aromatic rings. The summed E-state index contributed by atoms with van der Waals surface area (Å²) < 4.78 is 5.25. The molecule has 1 saturated heterocycles. The van der Waals surface area contributed by atoms with Gasteiger partial charge in [-0.3, -0.25) is 14.5 Å². The summed E-state index contributed by atoms with van der Waals surface area (Å²) in [6.45, 7) is 2.77. The number of benzene rings is 1. The van der Waals surface area contributed by atoms with Crippen molar-refractivity contribution in [1.82, 2.24) is 10.2 Å². The average molecular weight is 340 g/mol. The molecule has 0 aliphatic carbocycles. The van der Waals surface area contributed by atoms with Gasteiger partial charge in [0.15, 0.2) is 0 Å². The molecule has 0 saturated carbocycles. The van der Waals surface area contributed by atoms with Gasteiger partial charge in [0.25, 0.3) is 0 Å². The minimum Gasteiger partial charge on any atom is -0.495 e. The number of carbonyl (C=O) groups is 2. The number of hydrogen-bond acceptors (Lipinski definition) is 4. The Morgan fingerprint density at radius 2 is 2.17 bits per heavy atom. The van der Waals surface area contributed by atoms with Crippen LogP contribution in [0.2, 0.25) is 5.02 Å². The van der Waals surface area contributed by atoms with Crippen molar-refractivity contribution in [3.8, 4) is 5.75 Å². The lowest BCUT2D eigenvalue weighted by molar-refractivity contribution is -0.126. The molecule has 1 atom stereocenters. The molecule has 0 aromatic heterocycles. The molecule has 1 fully saturated rings. The van der Waals surface area contributed by atoms with Gasteiger partial charge < -0.3 is 15.4 Å². The van der Waals surface area contributed by atoms with Gasteiger partial charge in [-0.15, -0.1) is 0 Å². The first kappa shape index (κ1) is 17.6. The zero-order valence-electron chi connectivity index (χ0n) is 13.6. The Bertz CT molecular complexity index is 606. The van der Waals surface area contributed by atoms with E-state index in [2.05, 4.69) is 10.6 Å². The highest BCUT2D eigenvalue weighted by atomic mass is 35.5. The molecule has 0 radical (unpaired) electrons. The Morgan fingerprint density at radius 1 is 1.43 bits per heavy atom. The molecule has 1 aromatic carbocycles. The molecule has 0 spiro atoms. The first-order valence-corrected chi connectivity index (χ1v) is 7.93. The molecule has 0 unspecified atom stereocenters. The van der Waals surface area contributed by atoms with Gasteiger partial charge in [0.05, 0.1) is 25.4 Å². The van der Waals surface area contributed by atoms with E-state index in [1.165, 1.54) is 7.11 Å². The van der Waals surface area contributed by atoms with E-state index in [1.54, 1.807) is 19.2 Å². The number of methoxy groups -OCH3 is 1. The average Bonchev–Trinajstić information content (AvgIpc) is 2.97. The Balaban J connectivity index is 2.05. The number of halogens is 1. The second-order valence-corrected chi connectivity index (χ2v) is 6.00. The molecule has 23 heavy (non-hydrogen) atoms. The molecule has 2 amide bonds. The van der Waals surface area contributed by atoms with Gasteiger partial charge in [-0.1, -0.05) is 11.6 Å². The van der Waals surface area contributed by atoms with Gasteiger partial charge in [0.2, 0.25) is 11.8 Å². The topological polar surface area (TPSA) is 70.7 Å². The van der Waals surface area contributed by atoms with Gasteiger partial charge in [-0.05, 0) is 37.9 Å². The largest absolute Gasteiger partial charge is 0.495 e. The van der Waals surface area contributed by atoms with E-state index < -0.39 is 0 Å². The second kappa shape index (κ2) is 7.66. The third kappa shape index (κ3) is 4.14. The summed E-state index contributed by atoms with van der Waals surface area (Å²) in [6, 6.07) is 3.22. The monoisotopic (exact) mass is 339 g/mol. The Kier molecular flexibility index (Phi) is 5.85. The quantitative estimate of drug-likeness (QED) is 0.858. The van der Waals surface area contributed by atoms with E-state index in [9.17, 15) is 9.59 Å². The predicted octanol–water partition coefficient (Wildman–Crippen LogP) is 1.81. The van der Waals surface area contributed by atoms with Gasteiger partial charge in [-0.2, -0.15) is 0 Å². The minimum absolute atomic E-state index is 0.0461. The molecular weight excluding hydrogens is 318 g/mol. The first-order valence-electron chi connectivity index (χ1n) is 7.56. The van der Waals surface area contributed by atoms with Crippen molar-refractivity contribution in [2.24, 2.45) is 0 Å². The Hall–Kier alpha value is -1.79. The van der Waals surface area contributed by atoms with Gasteiger partial charge in [0.1, 0.15) is 5.75 Å². The smallest absolute Gasteiger partial charge is 0.238 e. The van der Waals surface area contributed by atoms with E-state index in [1.807, 2.05) is 11.8 Å². The molecule has 1 heterocycles. The van der Waals surface area contributed by atoms with Crippen molar-refractivity contribution in [2.45, 2.75) is 25.8 Å². The number of nitrogens with zero attached hydrogens (tertiary/aromatic N) is 1. The number of anilines is 1. The first-order chi connectivity index (χ1) is 11.0. The molecular formula is C16H22ClN3O3. The molecule has 126 valence electrons. The number of nitrogens with one attached hydrogen (secondary N) is 2. The number of hydrogen-bond donors (Lipinski definition) is 2. The van der Waals surface area contributed by atoms with E-state index >= 15 is 0 Å². The Morgan fingerprint density at radius 3 is 2.83 bits per heavy atom. The van der Waals surface area contributed by atoms with Crippen LogP contribution in [0.4, 0.5) is 5.69 Å². The SMILES string of the molecule is CNC(=O)[C@@H]1CCCN1CC(=O)Nc1cc(C)c(Cl)cc1OC. The lowest BCUT2D eigenvalue weighted by Crippen LogP contribution is -2.45. The fourth-order valence-corrected chi connectivity index (χ4v) is 2.94. The molecule has 7 heteroatoms. The lowest BCUT2D eigenvalue weighted by Gasteiger charge is -2.22. The van der Waals surface area contributed by atoms with Gasteiger partial charge in [-0.25, -0.2) is 0 Å². The third-order valence-corrected chi connectivity index (χ3v) is 4.42. The highest BCUT2D eigenvalue weighted by molar-refractivity contribution is 6.31. The molecule has 1 aliphatic rings. The van der Waals surface area contributed by atoms with E-state index in [4.69, 9.17) is 16.3 Å². The van der Waals surface area contributed by atoms with Crippen LogP contribution in [0.25, 0.3) is 0 Å². The van der Waals surface area contributed by atoms with Crippen LogP contribution in [0.15, 0.2) is 12.1 Å². The van der Waals surface area contributed by atoms with E-state index in [-0.39, 0.29) is 24.4 Å². The normalized spacial score (nSPS) is 17.8. The zero-order valence-corrected chi connectivity index (χ0v) is 14.4. The number of ether oxygens (including phenoxy) is 1. The highest BCUT2D eigenvalue weighted by Crippen LogP contribution is 2.31. The molecule has 2 N–H and O–H groups in total. The zero-order chi connectivity index (χ0) is 17.0. The fraction of sp³-hybridized carbons (Fsp3) is 0.500. The second-order valence-electron chi connectivity index (χ2n) is 5.59. The minimum atomic E-state index is -0.236. The van der Waals surface area contributed by atoms with Crippen LogP contribution in [0.3, 0.4) is 0 Å². The standard InChI is InChI=1S/C16H22ClN3O3/c1-10-7-12(14(23-3)8-11(10)17)19-15(21)9-20-6-4-5-13(20)16(22)18-2/h7-8,13H,4-6,9H2,1-3H3,(H,18,22)(H,19,21)/t13-/m0/s1. The van der Waals surface area contributed by atoms with Crippen LogP contribution in [0.5, 0.6) is 5.75 Å². The number of likely N-dealkylation sites (N-methyl/N-ethyl adjacent to an activating group) is 1. The molecule has 1 aliphatic heterocycles. The maximum Gasteiger partial charge on any atom is 0.238 e. The predicted molar refractivity (Wildman–Crippen MR) is 90.0 cm³/mol. The number of likely N-dealkylation sites (tertiary alicyclic amines) is 1. The van der Waals surface area contributed by atoms with Crippen LogP contribution in [-0.2, 0) is 9.59 Å². The van der Waals surface area contributed by atoms with Gasteiger partial charge >= 0.3 is 0 Å². The lowest BCUT2D eigenvalue weighted by atomic mass is 10.2. The third-order valence-electron chi connectivity index (χ3n) is 4.01. The number of rotatable bonds is 5. The summed E-state index contributed by atoms with van der Waals surface area (Å²) in [7, 11) is 3.14. The number of aryl methyl sites for hydroxylation is 1. The number of carbonyl (C=O) groups excluding carboxylic acids is 2. The summed E-state index contributed by atoms with van der Waals surface area (Å²) in [5.41, 5.74) is 1.43. The van der Waals surface area contributed by atoms with Crippen molar-refractivity contribution >= 4 is 29.1 Å². The van der Waals surface area contributed by atoms with Crippen LogP contribution in [0, 0.1) is 6.92 Å². The summed E-state index contributed by atoms with van der Waals surface area (Å²) in [5.74, 6) is 0.286. The van der Waals surface area contributed by atoms with E-state index in [0.717, 1.165) is 24.9 Å². The van der Waals surface area contributed by atoms with Crippen molar-refractivity contribution < 1.29 is 14.3 Å². The maximum atomic E-state index is 12.3. The van der Waals surface area contributed by atoms with Gasteiger partial charge in [0, 0.05) is 18.1 Å². The summed E-state index contributed by atoms with van der Waals surface area (Å²) in [5, 5.41) is 6.07. The van der Waals surface area contributed by atoms with E-state index in [0.29, 0.717) is 16.5 Å². The molecule has 6 nitrogen and oxygen atoms in total. The molecule has 2 rings (SSSR count). The van der Waals surface area contributed by atoms with Crippen LogP contribution < -0.4 is 15.4 Å². The summed E-state index contributed by atoms with van der Waals surface area (Å²) >= 11 is 6.06. The van der Waals surface area contributed by atoms with Crippen molar-refractivity contribution in [3.05, 3.63) is 22.7 Å². The fourth-order valence-electron chi connectivity index (χ4n) is 2.78.